The molecule has 0 unspecified atom stereocenters. The normalized spacial score (nSPS) is 17.6. The molecule has 1 saturated carbocycles. The number of nitrogens with zero attached hydrogens (tertiary/aromatic N) is 1. The molecule has 28 heavy (non-hydrogen) atoms. The Hall–Kier alpha value is -2.88. The zero-order chi connectivity index (χ0) is 19.7. The van der Waals surface area contributed by atoms with Crippen LogP contribution in [0.5, 0.6) is 0 Å². The van der Waals surface area contributed by atoms with Crippen LogP contribution < -0.4 is 5.32 Å². The monoisotopic (exact) mass is 374 g/mol. The number of ketones is 1. The summed E-state index contributed by atoms with van der Waals surface area (Å²) in [5.74, 6) is -0.254. The first-order chi connectivity index (χ1) is 13.6. The number of nitrogens with one attached hydrogen (secondary N) is 1. The first-order valence-electron chi connectivity index (χ1n) is 9.98. The molecule has 0 spiro atoms. The number of Topliss-reactive ketones (excluding diaryl/α,β-unsaturated/α-hetero) is 1. The zero-order valence-electron chi connectivity index (χ0n) is 16.4. The highest BCUT2D eigenvalue weighted by Gasteiger charge is 2.33. The Kier molecular flexibility index (Phi) is 5.03. The summed E-state index contributed by atoms with van der Waals surface area (Å²) < 4.78 is 0. The van der Waals surface area contributed by atoms with Gasteiger partial charge in [-0.2, -0.15) is 0 Å². The Balaban J connectivity index is 1.70. The van der Waals surface area contributed by atoms with Crippen LogP contribution in [0.3, 0.4) is 0 Å². The highest BCUT2D eigenvalue weighted by Crippen LogP contribution is 2.38. The summed E-state index contributed by atoms with van der Waals surface area (Å²) in [7, 11) is 0. The fourth-order valence-corrected chi connectivity index (χ4v) is 4.20. The molecule has 4 rings (SSSR count). The minimum Gasteiger partial charge on any atom is -0.367 e. The second-order valence-electron chi connectivity index (χ2n) is 7.76. The summed E-state index contributed by atoms with van der Waals surface area (Å²) in [6.45, 7) is 4.40. The van der Waals surface area contributed by atoms with Gasteiger partial charge in [-0.05, 0) is 49.8 Å². The predicted octanol–water partition coefficient (Wildman–Crippen LogP) is 4.23. The lowest BCUT2D eigenvalue weighted by molar-refractivity contribution is -0.124. The van der Waals surface area contributed by atoms with Crippen LogP contribution in [0.2, 0.25) is 0 Å². The topological polar surface area (TPSA) is 49.4 Å². The van der Waals surface area contributed by atoms with Crippen molar-refractivity contribution in [3.63, 3.8) is 0 Å². The summed E-state index contributed by atoms with van der Waals surface area (Å²) in [5.41, 5.74) is 4.65. The molecule has 1 N–H and O–H groups in total. The van der Waals surface area contributed by atoms with Crippen LogP contribution in [-0.2, 0) is 16.1 Å². The summed E-state index contributed by atoms with van der Waals surface area (Å²) in [5, 5.41) is 3.00. The van der Waals surface area contributed by atoms with Crippen LogP contribution >= 0.6 is 0 Å². The van der Waals surface area contributed by atoms with Crippen LogP contribution in [-0.4, -0.2) is 22.6 Å². The maximum Gasteiger partial charge on any atom is 0.254 e. The van der Waals surface area contributed by atoms with E-state index in [2.05, 4.69) is 16.3 Å². The number of amides is 1. The van der Waals surface area contributed by atoms with Crippen molar-refractivity contribution in [1.82, 2.24) is 10.2 Å². The Morgan fingerprint density at radius 1 is 1.04 bits per heavy atom. The van der Waals surface area contributed by atoms with Crippen molar-refractivity contribution in [2.75, 3.05) is 0 Å². The van der Waals surface area contributed by atoms with Crippen LogP contribution in [0.15, 0.2) is 60.3 Å². The van der Waals surface area contributed by atoms with E-state index in [1.54, 1.807) is 0 Å². The van der Waals surface area contributed by atoms with Crippen molar-refractivity contribution in [3.05, 3.63) is 77.0 Å². The molecular weight excluding hydrogens is 348 g/mol. The van der Waals surface area contributed by atoms with Gasteiger partial charge < -0.3 is 10.2 Å². The first-order valence-corrected chi connectivity index (χ1v) is 9.98. The number of rotatable bonds is 5. The molecule has 2 aromatic rings. The van der Waals surface area contributed by atoms with Gasteiger partial charge in [-0.15, -0.1) is 0 Å². The summed E-state index contributed by atoms with van der Waals surface area (Å²) >= 11 is 0. The average molecular weight is 374 g/mol. The van der Waals surface area contributed by atoms with E-state index in [0.29, 0.717) is 11.6 Å². The Labute approximate surface area is 166 Å². The molecule has 1 atom stereocenters. The van der Waals surface area contributed by atoms with Crippen molar-refractivity contribution in [3.8, 4) is 0 Å². The molecular formula is C24H26N2O2. The van der Waals surface area contributed by atoms with Crippen molar-refractivity contribution < 1.29 is 9.59 Å². The Morgan fingerprint density at radius 3 is 2.36 bits per heavy atom. The van der Waals surface area contributed by atoms with Crippen molar-refractivity contribution in [2.45, 2.75) is 51.7 Å². The fraction of sp³-hybridized carbons (Fsp3) is 0.333. The van der Waals surface area contributed by atoms with Gasteiger partial charge in [0.15, 0.2) is 5.78 Å². The van der Waals surface area contributed by atoms with Crippen LogP contribution in [0, 0.1) is 0 Å². The van der Waals surface area contributed by atoms with E-state index >= 15 is 0 Å². The van der Waals surface area contributed by atoms with Gasteiger partial charge in [-0.25, -0.2) is 0 Å². The number of hydrogen-bond donors (Lipinski definition) is 1. The van der Waals surface area contributed by atoms with E-state index in [1.807, 2.05) is 55.5 Å². The molecule has 1 aliphatic carbocycles. The smallest absolute Gasteiger partial charge is 0.254 e. The third kappa shape index (κ3) is 3.35. The molecule has 1 aliphatic heterocycles. The van der Waals surface area contributed by atoms with E-state index in [9.17, 15) is 9.59 Å². The standard InChI is InChI=1S/C24H26N2O2/c1-16-22(24(28)25-23(17(2)27)18-9-4-3-5-10-18)21-14-7-6-11-19(21)15-26(16)20-12-8-13-20/h3-7,9-11,14,20,23H,8,12-13,15H2,1-2H3,(H,25,28)/t23-/m1/s1. The molecule has 2 aliphatic rings. The minimum absolute atomic E-state index is 0.0715. The molecule has 0 radical (unpaired) electrons. The average Bonchev–Trinajstić information content (AvgIpc) is 2.65. The molecule has 1 heterocycles. The molecule has 0 bridgehead atoms. The molecule has 4 nitrogen and oxygen atoms in total. The second kappa shape index (κ2) is 7.63. The van der Waals surface area contributed by atoms with Gasteiger partial charge in [-0.1, -0.05) is 54.6 Å². The summed E-state index contributed by atoms with van der Waals surface area (Å²) in [4.78, 5) is 28.0. The summed E-state index contributed by atoms with van der Waals surface area (Å²) in [6.07, 6.45) is 3.60. The number of benzene rings is 2. The highest BCUT2D eigenvalue weighted by molar-refractivity contribution is 6.21. The Bertz CT molecular complexity index is 929. The van der Waals surface area contributed by atoms with Crippen LogP contribution in [0.25, 0.3) is 5.57 Å². The molecule has 1 fully saturated rings. The largest absolute Gasteiger partial charge is 0.367 e. The molecule has 0 aromatic heterocycles. The third-order valence-corrected chi connectivity index (χ3v) is 5.98. The van der Waals surface area contributed by atoms with E-state index in [-0.39, 0.29) is 11.7 Å². The highest BCUT2D eigenvalue weighted by atomic mass is 16.2. The van der Waals surface area contributed by atoms with E-state index in [0.717, 1.165) is 23.4 Å². The number of allylic oxidation sites excluding steroid dienone is 1. The lowest BCUT2D eigenvalue weighted by Gasteiger charge is -2.43. The molecule has 4 heteroatoms. The third-order valence-electron chi connectivity index (χ3n) is 5.98. The maximum atomic E-state index is 13.4. The van der Waals surface area contributed by atoms with Crippen molar-refractivity contribution in [1.29, 1.82) is 0 Å². The minimum atomic E-state index is -0.639. The fourth-order valence-electron chi connectivity index (χ4n) is 4.20. The summed E-state index contributed by atoms with van der Waals surface area (Å²) in [6, 6.07) is 17.4. The van der Waals surface area contributed by atoms with Crippen molar-refractivity contribution in [2.24, 2.45) is 0 Å². The SMILES string of the molecule is CC(=O)[C@@H](NC(=O)C1=C(C)N(C2CCC2)Cc2ccccc21)c1ccccc1. The van der Waals surface area contributed by atoms with Gasteiger partial charge in [0, 0.05) is 18.3 Å². The molecule has 144 valence electrons. The van der Waals surface area contributed by atoms with Crippen LogP contribution in [0.1, 0.15) is 55.8 Å². The molecule has 1 amide bonds. The zero-order valence-corrected chi connectivity index (χ0v) is 16.4. The van der Waals surface area contributed by atoms with Crippen LogP contribution in [0.4, 0.5) is 0 Å². The lowest BCUT2D eigenvalue weighted by Crippen LogP contribution is -2.42. The van der Waals surface area contributed by atoms with Gasteiger partial charge >= 0.3 is 0 Å². The first kappa shape index (κ1) is 18.5. The van der Waals surface area contributed by atoms with Gasteiger partial charge in [0.2, 0.25) is 0 Å². The maximum absolute atomic E-state index is 13.4. The molecule has 2 aromatic carbocycles. The number of hydrogen-bond acceptors (Lipinski definition) is 3. The van der Waals surface area contributed by atoms with Crippen molar-refractivity contribution >= 4 is 17.3 Å². The van der Waals surface area contributed by atoms with Gasteiger partial charge in [0.25, 0.3) is 5.91 Å². The Morgan fingerprint density at radius 2 is 1.71 bits per heavy atom. The van der Waals surface area contributed by atoms with E-state index in [1.165, 1.54) is 31.7 Å². The quantitative estimate of drug-likeness (QED) is 0.852. The number of carbonyl (C=O) groups excluding carboxylic acids is 2. The van der Waals surface area contributed by atoms with Gasteiger partial charge in [0.1, 0.15) is 6.04 Å². The van der Waals surface area contributed by atoms with Gasteiger partial charge in [-0.3, -0.25) is 9.59 Å². The second-order valence-corrected chi connectivity index (χ2v) is 7.76. The predicted molar refractivity (Wildman–Crippen MR) is 110 cm³/mol. The number of fused-ring (bicyclic) bond motifs is 1. The van der Waals surface area contributed by atoms with E-state index in [4.69, 9.17) is 0 Å². The van der Waals surface area contributed by atoms with E-state index < -0.39 is 6.04 Å². The van der Waals surface area contributed by atoms with Gasteiger partial charge in [0.05, 0.1) is 5.57 Å². The number of carbonyl (C=O) groups is 2. The molecule has 0 saturated heterocycles. The lowest BCUT2D eigenvalue weighted by atomic mass is 9.86.